The number of aromatic nitrogens is 3. The lowest BCUT2D eigenvalue weighted by Gasteiger charge is -2.02. The number of hydrogen-bond acceptors (Lipinski definition) is 5. The van der Waals surface area contributed by atoms with Gasteiger partial charge in [-0.3, -0.25) is 4.98 Å². The van der Waals surface area contributed by atoms with Crippen LogP contribution in [0.2, 0.25) is 0 Å². The Hall–Kier alpha value is -2.21. The lowest BCUT2D eigenvalue weighted by molar-refractivity contribution is 0.384. The highest BCUT2D eigenvalue weighted by Crippen LogP contribution is 2.19. The molecule has 0 fully saturated rings. The fourth-order valence-electron chi connectivity index (χ4n) is 1.83. The largest absolute Gasteiger partial charge is 0.376 e. The number of nitrogens with one attached hydrogen (secondary N) is 1. The van der Waals surface area contributed by atoms with Crippen molar-refractivity contribution in [1.29, 1.82) is 0 Å². The summed E-state index contributed by atoms with van der Waals surface area (Å²) in [6.45, 7) is 2.54. The molecule has 0 saturated heterocycles. The van der Waals surface area contributed by atoms with E-state index in [2.05, 4.69) is 55.4 Å². The first-order chi connectivity index (χ1) is 10.2. The van der Waals surface area contributed by atoms with Gasteiger partial charge < -0.3 is 9.84 Å². The molecule has 6 heteroatoms. The van der Waals surface area contributed by atoms with Crippen LogP contribution in [0.1, 0.15) is 11.5 Å². The van der Waals surface area contributed by atoms with E-state index in [9.17, 15) is 0 Å². The van der Waals surface area contributed by atoms with Gasteiger partial charge >= 0.3 is 0 Å². The summed E-state index contributed by atoms with van der Waals surface area (Å²) in [6.07, 6.45) is 3.41. The van der Waals surface area contributed by atoms with Gasteiger partial charge in [-0.2, -0.15) is 4.98 Å². The van der Waals surface area contributed by atoms with E-state index in [4.69, 9.17) is 4.52 Å². The highest BCUT2D eigenvalue weighted by atomic mass is 79.9. The quantitative estimate of drug-likeness (QED) is 0.779. The van der Waals surface area contributed by atoms with Crippen LogP contribution >= 0.6 is 15.9 Å². The number of nitrogens with zero attached hydrogens (tertiary/aromatic N) is 3. The zero-order valence-corrected chi connectivity index (χ0v) is 13.0. The Labute approximate surface area is 130 Å². The van der Waals surface area contributed by atoms with Crippen molar-refractivity contribution in [2.45, 2.75) is 13.5 Å². The number of halogens is 1. The van der Waals surface area contributed by atoms with Crippen LogP contribution < -0.4 is 5.32 Å². The van der Waals surface area contributed by atoms with Crippen LogP contribution in [0.15, 0.2) is 51.7 Å². The Morgan fingerprint density at radius 1 is 1.19 bits per heavy atom. The first-order valence-electron chi connectivity index (χ1n) is 6.45. The van der Waals surface area contributed by atoms with Gasteiger partial charge in [0, 0.05) is 28.1 Å². The smallest absolute Gasteiger partial charge is 0.246 e. The summed E-state index contributed by atoms with van der Waals surface area (Å²) in [6, 6.07) is 10.0. The molecule has 0 bridgehead atoms. The molecule has 0 saturated carbocycles. The van der Waals surface area contributed by atoms with Crippen LogP contribution in [0.25, 0.3) is 11.4 Å². The summed E-state index contributed by atoms with van der Waals surface area (Å²) in [5.41, 5.74) is 3.06. The minimum Gasteiger partial charge on any atom is -0.376 e. The molecule has 1 aromatic carbocycles. The van der Waals surface area contributed by atoms with Gasteiger partial charge in [-0.1, -0.05) is 22.9 Å². The molecule has 2 aromatic heterocycles. The molecule has 5 nitrogen and oxygen atoms in total. The molecule has 0 aliphatic rings. The van der Waals surface area contributed by atoms with E-state index >= 15 is 0 Å². The van der Waals surface area contributed by atoms with Gasteiger partial charge in [-0.05, 0) is 41.1 Å². The van der Waals surface area contributed by atoms with Crippen molar-refractivity contribution >= 4 is 21.6 Å². The number of rotatable bonds is 4. The summed E-state index contributed by atoms with van der Waals surface area (Å²) in [5.74, 6) is 1.06. The highest BCUT2D eigenvalue weighted by molar-refractivity contribution is 9.10. The van der Waals surface area contributed by atoms with Crippen molar-refractivity contribution in [3.05, 3.63) is 58.7 Å². The predicted octanol–water partition coefficient (Wildman–Crippen LogP) is 3.81. The maximum absolute atomic E-state index is 5.24. The van der Waals surface area contributed by atoms with Gasteiger partial charge in [0.2, 0.25) is 11.7 Å². The molecule has 0 spiro atoms. The molecule has 3 rings (SSSR count). The van der Waals surface area contributed by atoms with Crippen LogP contribution in [0.4, 0.5) is 5.69 Å². The van der Waals surface area contributed by atoms with Crippen LogP contribution in [-0.2, 0) is 6.54 Å². The Bertz CT molecular complexity index is 739. The lowest BCUT2D eigenvalue weighted by atomic mass is 10.2. The average Bonchev–Trinajstić information content (AvgIpc) is 2.96. The van der Waals surface area contributed by atoms with Gasteiger partial charge in [-0.15, -0.1) is 0 Å². The maximum Gasteiger partial charge on any atom is 0.246 e. The lowest BCUT2D eigenvalue weighted by Crippen LogP contribution is -1.99. The Kier molecular flexibility index (Phi) is 3.96. The molecule has 21 heavy (non-hydrogen) atoms. The van der Waals surface area contributed by atoms with Gasteiger partial charge in [0.15, 0.2) is 0 Å². The Morgan fingerprint density at radius 2 is 2.00 bits per heavy atom. The standard InChI is InChI=1S/C15H13BrN4O/c1-10-2-4-13(5-3-10)18-9-14-19-15(20-21-14)11-6-12(16)8-17-7-11/h2-8,18H,9H2,1H3. The molecule has 0 radical (unpaired) electrons. The molecule has 0 aliphatic heterocycles. The third kappa shape index (κ3) is 3.46. The van der Waals surface area contributed by atoms with E-state index in [0.717, 1.165) is 15.7 Å². The fourth-order valence-corrected chi connectivity index (χ4v) is 2.19. The number of pyridine rings is 1. The van der Waals surface area contributed by atoms with Gasteiger partial charge in [0.1, 0.15) is 0 Å². The van der Waals surface area contributed by atoms with E-state index in [1.807, 2.05) is 18.2 Å². The second kappa shape index (κ2) is 6.05. The van der Waals surface area contributed by atoms with E-state index in [-0.39, 0.29) is 0 Å². The van der Waals surface area contributed by atoms with Crippen LogP contribution in [-0.4, -0.2) is 15.1 Å². The Morgan fingerprint density at radius 3 is 2.76 bits per heavy atom. The maximum atomic E-state index is 5.24. The fraction of sp³-hybridized carbons (Fsp3) is 0.133. The van der Waals surface area contributed by atoms with Gasteiger partial charge in [-0.25, -0.2) is 0 Å². The molecule has 106 valence electrons. The monoisotopic (exact) mass is 344 g/mol. The average molecular weight is 345 g/mol. The zero-order chi connectivity index (χ0) is 14.7. The minimum absolute atomic E-state index is 0.484. The minimum atomic E-state index is 0.484. The summed E-state index contributed by atoms with van der Waals surface area (Å²) in [4.78, 5) is 8.44. The summed E-state index contributed by atoms with van der Waals surface area (Å²) < 4.78 is 6.12. The first kappa shape index (κ1) is 13.8. The van der Waals surface area contributed by atoms with Gasteiger partial charge in [0.05, 0.1) is 6.54 Å². The number of hydrogen-bond donors (Lipinski definition) is 1. The van der Waals surface area contributed by atoms with E-state index < -0.39 is 0 Å². The summed E-state index contributed by atoms with van der Waals surface area (Å²) in [7, 11) is 0. The Balaban J connectivity index is 1.69. The SMILES string of the molecule is Cc1ccc(NCc2nc(-c3cncc(Br)c3)no2)cc1. The molecular weight excluding hydrogens is 332 g/mol. The normalized spacial score (nSPS) is 10.6. The third-order valence-electron chi connectivity index (χ3n) is 2.93. The van der Waals surface area contributed by atoms with E-state index in [1.165, 1.54) is 5.56 Å². The zero-order valence-electron chi connectivity index (χ0n) is 11.4. The van der Waals surface area contributed by atoms with E-state index in [1.54, 1.807) is 12.4 Å². The van der Waals surface area contributed by atoms with Crippen molar-refractivity contribution < 1.29 is 4.52 Å². The summed E-state index contributed by atoms with van der Waals surface area (Å²) in [5, 5.41) is 7.21. The number of aryl methyl sites for hydroxylation is 1. The van der Waals surface area contributed by atoms with Crippen molar-refractivity contribution in [2.24, 2.45) is 0 Å². The van der Waals surface area contributed by atoms with Crippen molar-refractivity contribution in [1.82, 2.24) is 15.1 Å². The highest BCUT2D eigenvalue weighted by Gasteiger charge is 2.09. The van der Waals surface area contributed by atoms with Crippen LogP contribution in [0.5, 0.6) is 0 Å². The van der Waals surface area contributed by atoms with E-state index in [0.29, 0.717) is 18.3 Å². The molecular formula is C15H13BrN4O. The summed E-state index contributed by atoms with van der Waals surface area (Å²) >= 11 is 3.37. The molecule has 0 amide bonds. The molecule has 0 aliphatic carbocycles. The molecule has 0 unspecified atom stereocenters. The van der Waals surface area contributed by atoms with Crippen molar-refractivity contribution in [3.8, 4) is 11.4 Å². The second-order valence-corrected chi connectivity index (χ2v) is 5.54. The van der Waals surface area contributed by atoms with Crippen molar-refractivity contribution in [3.63, 3.8) is 0 Å². The van der Waals surface area contributed by atoms with Crippen LogP contribution in [0.3, 0.4) is 0 Å². The number of anilines is 1. The van der Waals surface area contributed by atoms with Crippen molar-refractivity contribution in [2.75, 3.05) is 5.32 Å². The topological polar surface area (TPSA) is 63.8 Å². The van der Waals surface area contributed by atoms with Crippen LogP contribution in [0, 0.1) is 6.92 Å². The third-order valence-corrected chi connectivity index (χ3v) is 3.36. The molecule has 1 N–H and O–H groups in total. The predicted molar refractivity (Wildman–Crippen MR) is 83.7 cm³/mol. The first-order valence-corrected chi connectivity index (χ1v) is 7.24. The molecule has 3 aromatic rings. The van der Waals surface area contributed by atoms with Gasteiger partial charge in [0.25, 0.3) is 0 Å². The molecule has 2 heterocycles. The number of benzene rings is 1. The second-order valence-electron chi connectivity index (χ2n) is 4.62. The molecule has 0 atom stereocenters.